The average Bonchev–Trinajstić information content (AvgIpc) is 2.84. The molecule has 3 rings (SSSR count). The molecule has 0 aromatic heterocycles. The Balaban J connectivity index is 0.000000522. The van der Waals surface area contributed by atoms with Crippen LogP contribution in [-0.4, -0.2) is 23.2 Å². The molecule has 1 aliphatic heterocycles. The predicted octanol–water partition coefficient (Wildman–Crippen LogP) is -2.34. The molecule has 0 unspecified atom stereocenters. The third-order valence-electron chi connectivity index (χ3n) is 3.28. The number of benzene rings is 2. The van der Waals surface area contributed by atoms with E-state index < -0.39 is 17.7 Å². The van der Waals surface area contributed by atoms with E-state index in [1.165, 1.54) is 0 Å². The number of carbonyl (C=O) groups is 3. The van der Waals surface area contributed by atoms with Crippen LogP contribution >= 0.6 is 0 Å². The Morgan fingerprint density at radius 3 is 1.58 bits per heavy atom. The van der Waals surface area contributed by atoms with E-state index in [0.29, 0.717) is 0 Å². The number of imide groups is 1. The maximum Gasteiger partial charge on any atom is 1.00 e. The number of urea groups is 1. The summed E-state index contributed by atoms with van der Waals surface area (Å²) in [6.45, 7) is 0. The number of hydrogen-bond donors (Lipinski definition) is 3. The zero-order chi connectivity index (χ0) is 16.9. The quantitative estimate of drug-likeness (QED) is 0.420. The van der Waals surface area contributed by atoms with Crippen LogP contribution in [0.25, 0.3) is 0 Å². The van der Waals surface area contributed by atoms with Crippen molar-refractivity contribution in [1.82, 2.24) is 10.6 Å². The Labute approximate surface area is 160 Å². The minimum atomic E-state index is -2.08. The van der Waals surface area contributed by atoms with Crippen molar-refractivity contribution in [3.63, 3.8) is 0 Å². The zero-order valence-electron chi connectivity index (χ0n) is 12.9. The number of hydrogen-bond acceptors (Lipinski definition) is 4. The smallest absolute Gasteiger partial charge is 0.565 e. The maximum absolute atomic E-state index is 12.3. The molecule has 0 saturated carbocycles. The molecule has 1 aliphatic rings. The summed E-state index contributed by atoms with van der Waals surface area (Å²) in [5.74, 6) is -0.352. The molecule has 1 heterocycles. The first-order chi connectivity index (χ1) is 11.0. The van der Waals surface area contributed by atoms with Gasteiger partial charge in [0.1, 0.15) is 0 Å². The predicted molar refractivity (Wildman–Crippen MR) is 78.4 cm³/mol. The second-order valence-corrected chi connectivity index (χ2v) is 4.66. The molecule has 0 atom stereocenters. The number of amides is 3. The van der Waals surface area contributed by atoms with Gasteiger partial charge in [-0.25, -0.2) is 4.79 Å². The first kappa shape index (κ1) is 19.7. The van der Waals surface area contributed by atoms with E-state index >= 15 is 0 Å². The van der Waals surface area contributed by atoms with Crippen molar-refractivity contribution < 1.29 is 54.2 Å². The molecule has 0 spiro atoms. The third kappa shape index (κ3) is 4.14. The summed E-state index contributed by atoms with van der Waals surface area (Å²) < 4.78 is 0. The summed E-state index contributed by atoms with van der Waals surface area (Å²) in [7, 11) is 0. The van der Waals surface area contributed by atoms with Gasteiger partial charge in [-0.1, -0.05) is 60.7 Å². The molecule has 8 heteroatoms. The van der Waals surface area contributed by atoms with E-state index in [-0.39, 0.29) is 35.5 Å². The monoisotopic (exact) mass is 336 g/mol. The fraction of sp³-hybridized carbons (Fsp3) is 0.0625. The van der Waals surface area contributed by atoms with Crippen LogP contribution in [0, 0.1) is 0 Å². The summed E-state index contributed by atoms with van der Waals surface area (Å²) >= 11 is 0. The minimum absolute atomic E-state index is 0. The van der Waals surface area contributed by atoms with E-state index in [2.05, 4.69) is 10.6 Å². The van der Waals surface area contributed by atoms with Crippen LogP contribution in [-0.2, 0) is 10.3 Å². The van der Waals surface area contributed by atoms with Gasteiger partial charge >= 0.3 is 35.6 Å². The number of nitrogens with one attached hydrogen (secondary N) is 2. The van der Waals surface area contributed by atoms with Gasteiger partial charge in [-0.05, 0) is 11.1 Å². The second-order valence-electron chi connectivity index (χ2n) is 4.66. The van der Waals surface area contributed by atoms with Crippen LogP contribution in [0.1, 0.15) is 11.1 Å². The molecule has 3 amide bonds. The molecule has 2 aromatic carbocycles. The van der Waals surface area contributed by atoms with Gasteiger partial charge in [-0.3, -0.25) is 10.1 Å². The van der Waals surface area contributed by atoms with Gasteiger partial charge in [-0.2, -0.15) is 0 Å². The van der Waals surface area contributed by atoms with E-state index in [1.807, 2.05) is 60.7 Å². The Bertz CT molecular complexity index is 678. The van der Waals surface area contributed by atoms with Gasteiger partial charge in [0.25, 0.3) is 5.91 Å². The molecule has 2 aromatic rings. The first-order valence-corrected chi connectivity index (χ1v) is 6.61. The fourth-order valence-electron chi connectivity index (χ4n) is 2.40. The molecule has 7 nitrogen and oxygen atoms in total. The first-order valence-electron chi connectivity index (χ1n) is 6.61. The molecular weight excluding hydrogens is 323 g/mol. The van der Waals surface area contributed by atoms with E-state index in [4.69, 9.17) is 15.0 Å². The van der Waals surface area contributed by atoms with Gasteiger partial charge in [0.15, 0.2) is 5.54 Å². The van der Waals surface area contributed by atoms with Crippen LogP contribution in [0.3, 0.4) is 0 Å². The normalized spacial score (nSPS) is 14.3. The van der Waals surface area contributed by atoms with Crippen molar-refractivity contribution in [3.05, 3.63) is 71.8 Å². The fourth-order valence-corrected chi connectivity index (χ4v) is 2.40. The third-order valence-corrected chi connectivity index (χ3v) is 3.28. The Morgan fingerprint density at radius 1 is 0.917 bits per heavy atom. The summed E-state index contributed by atoms with van der Waals surface area (Å²) in [6, 6.07) is 18.0. The Morgan fingerprint density at radius 2 is 1.29 bits per heavy atom. The van der Waals surface area contributed by atoms with Crippen LogP contribution in [0.2, 0.25) is 0 Å². The number of carbonyl (C=O) groups excluding carboxylic acids is 2. The van der Waals surface area contributed by atoms with Crippen molar-refractivity contribution in [3.8, 4) is 0 Å². The molecule has 1 fully saturated rings. The van der Waals surface area contributed by atoms with Crippen LogP contribution < -0.4 is 45.3 Å². The second kappa shape index (κ2) is 8.49. The zero-order valence-corrected chi connectivity index (χ0v) is 14.9. The summed E-state index contributed by atoms with van der Waals surface area (Å²) in [6.07, 6.45) is -2.08. The molecular formula is C16H13N2NaO5. The SMILES string of the molecule is O=C([O-])O.O=C1NC(=O)C(c2ccccc2)(c2ccccc2)N1.[Na+]. The van der Waals surface area contributed by atoms with Crippen molar-refractivity contribution in [2.24, 2.45) is 0 Å². The van der Waals surface area contributed by atoms with Crippen LogP contribution in [0.5, 0.6) is 0 Å². The van der Waals surface area contributed by atoms with E-state index in [9.17, 15) is 9.59 Å². The maximum atomic E-state index is 12.3. The molecule has 0 bridgehead atoms. The van der Waals surface area contributed by atoms with E-state index in [0.717, 1.165) is 11.1 Å². The molecule has 24 heavy (non-hydrogen) atoms. The summed E-state index contributed by atoms with van der Waals surface area (Å²) in [5, 5.41) is 20.4. The van der Waals surface area contributed by atoms with Gasteiger partial charge in [-0.15, -0.1) is 0 Å². The Hall–Kier alpha value is -2.35. The van der Waals surface area contributed by atoms with Gasteiger partial charge in [0, 0.05) is 0 Å². The van der Waals surface area contributed by atoms with Gasteiger partial charge in [0.05, 0.1) is 0 Å². The summed E-state index contributed by atoms with van der Waals surface area (Å²) in [4.78, 5) is 32.3. The molecule has 118 valence electrons. The Kier molecular flexibility index (Phi) is 6.97. The minimum Gasteiger partial charge on any atom is -0.565 e. The molecule has 0 aliphatic carbocycles. The van der Waals surface area contributed by atoms with Crippen molar-refractivity contribution in [2.75, 3.05) is 0 Å². The number of rotatable bonds is 2. The van der Waals surface area contributed by atoms with Gasteiger partial charge < -0.3 is 20.3 Å². The topological polar surface area (TPSA) is 119 Å². The molecule has 0 radical (unpaired) electrons. The summed E-state index contributed by atoms with van der Waals surface area (Å²) in [5.41, 5.74) is 0.341. The van der Waals surface area contributed by atoms with E-state index in [1.54, 1.807) is 0 Å². The average molecular weight is 336 g/mol. The molecule has 1 saturated heterocycles. The molecule has 3 N–H and O–H groups in total. The van der Waals surface area contributed by atoms with Crippen molar-refractivity contribution >= 4 is 18.1 Å². The van der Waals surface area contributed by atoms with Crippen molar-refractivity contribution in [1.29, 1.82) is 0 Å². The standard InChI is InChI=1S/C15H12N2O2.CH2O3.Na/c18-13-15(17-14(19)16-13,11-7-3-1-4-8-11)12-9-5-2-6-10-12;2-1(3)4;/h1-10H,(H2,16,17,18,19);(H2,2,3,4);/q;;+1/p-1. The number of carboxylic acid groups (broad SMARTS) is 2. The van der Waals surface area contributed by atoms with Crippen molar-refractivity contribution in [2.45, 2.75) is 5.54 Å². The van der Waals surface area contributed by atoms with Crippen LogP contribution in [0.4, 0.5) is 9.59 Å². The van der Waals surface area contributed by atoms with Gasteiger partial charge in [0.2, 0.25) is 6.16 Å². The van der Waals surface area contributed by atoms with Crippen LogP contribution in [0.15, 0.2) is 60.7 Å². The largest absolute Gasteiger partial charge is 1.00 e.